The lowest BCUT2D eigenvalue weighted by atomic mass is 9.96. The Morgan fingerprint density at radius 2 is 1.38 bits per heavy atom. The second-order valence-electron chi connectivity index (χ2n) is 10.3. The number of aliphatic carboxylic acids is 1. The summed E-state index contributed by atoms with van der Waals surface area (Å²) < 4.78 is 0.881. The first-order valence-electron chi connectivity index (χ1n) is 13.8. The Bertz CT molecular complexity index is 1670. The summed E-state index contributed by atoms with van der Waals surface area (Å²) in [4.78, 5) is 68.8. The van der Waals surface area contributed by atoms with E-state index in [2.05, 4.69) is 15.6 Å². The standard InChI is InChI=1S/C32H34N4O6/c1-3-20(2)27(29(38)33-25(31(40)41)18-21-12-6-4-7-13-21)35-28(37)26(19-22-14-8-5-9-15-22)36-30(39)23-16-10-11-17-24(23)34-32(36)42/h4-17,20,25-27H,3,18-19H2,1-2H3,(H,33,38)(H,34,42)(H,35,37)(H,40,41)/t20-,25+,26+,27+/m1/s1. The van der Waals surface area contributed by atoms with Crippen LogP contribution in [0.1, 0.15) is 37.4 Å². The first-order chi connectivity index (χ1) is 20.2. The van der Waals surface area contributed by atoms with E-state index in [9.17, 15) is 29.1 Å². The number of H-pyrrole nitrogens is 1. The minimum Gasteiger partial charge on any atom is -0.480 e. The first-order valence-corrected chi connectivity index (χ1v) is 13.8. The van der Waals surface area contributed by atoms with Crippen LogP contribution in [0, 0.1) is 5.92 Å². The highest BCUT2D eigenvalue weighted by Gasteiger charge is 2.33. The summed E-state index contributed by atoms with van der Waals surface area (Å²) in [6.45, 7) is 3.61. The van der Waals surface area contributed by atoms with Gasteiger partial charge in [-0.25, -0.2) is 14.2 Å². The molecule has 0 spiro atoms. The van der Waals surface area contributed by atoms with E-state index in [0.29, 0.717) is 17.5 Å². The fourth-order valence-electron chi connectivity index (χ4n) is 4.86. The van der Waals surface area contributed by atoms with Gasteiger partial charge in [0.15, 0.2) is 0 Å². The van der Waals surface area contributed by atoms with Gasteiger partial charge in [-0.05, 0) is 29.2 Å². The van der Waals surface area contributed by atoms with E-state index in [1.807, 2.05) is 19.1 Å². The van der Waals surface area contributed by atoms with Gasteiger partial charge in [-0.3, -0.25) is 14.4 Å². The van der Waals surface area contributed by atoms with Gasteiger partial charge in [-0.1, -0.05) is 93.1 Å². The fraction of sp³-hybridized carbons (Fsp3) is 0.281. The summed E-state index contributed by atoms with van der Waals surface area (Å²) in [5.74, 6) is -2.97. The molecule has 0 aliphatic carbocycles. The zero-order valence-electron chi connectivity index (χ0n) is 23.4. The summed E-state index contributed by atoms with van der Waals surface area (Å²) in [7, 11) is 0. The molecule has 3 aromatic carbocycles. The van der Waals surface area contributed by atoms with Crippen molar-refractivity contribution in [2.75, 3.05) is 0 Å². The minimum atomic E-state index is -1.28. The van der Waals surface area contributed by atoms with Crippen LogP contribution in [0.3, 0.4) is 0 Å². The maximum Gasteiger partial charge on any atom is 0.329 e. The predicted molar refractivity (Wildman–Crippen MR) is 159 cm³/mol. The molecule has 0 aliphatic rings. The number of nitrogens with one attached hydrogen (secondary N) is 3. The summed E-state index contributed by atoms with van der Waals surface area (Å²) in [6.07, 6.45) is 0.560. The number of rotatable bonds is 12. The number of carboxylic acids is 1. The van der Waals surface area contributed by atoms with Crippen molar-refractivity contribution in [3.8, 4) is 0 Å². The number of hydrogen-bond acceptors (Lipinski definition) is 5. The lowest BCUT2D eigenvalue weighted by molar-refractivity contribution is -0.142. The summed E-state index contributed by atoms with van der Waals surface area (Å²) in [6, 6.07) is 20.7. The van der Waals surface area contributed by atoms with E-state index in [4.69, 9.17) is 0 Å². The van der Waals surface area contributed by atoms with Gasteiger partial charge in [0.1, 0.15) is 18.1 Å². The monoisotopic (exact) mass is 570 g/mol. The third kappa shape index (κ3) is 7.01. The quantitative estimate of drug-likeness (QED) is 0.206. The molecule has 42 heavy (non-hydrogen) atoms. The van der Waals surface area contributed by atoms with Crippen LogP contribution >= 0.6 is 0 Å². The van der Waals surface area contributed by atoms with E-state index in [1.165, 1.54) is 0 Å². The highest BCUT2D eigenvalue weighted by Crippen LogP contribution is 2.16. The van der Waals surface area contributed by atoms with Crippen molar-refractivity contribution in [2.45, 2.75) is 51.2 Å². The minimum absolute atomic E-state index is 0.00854. The van der Waals surface area contributed by atoms with Gasteiger partial charge in [0.2, 0.25) is 11.8 Å². The Morgan fingerprint density at radius 3 is 1.98 bits per heavy atom. The Labute approximate surface area is 242 Å². The molecule has 1 heterocycles. The molecule has 4 N–H and O–H groups in total. The van der Waals surface area contributed by atoms with Gasteiger partial charge < -0.3 is 20.7 Å². The molecule has 4 rings (SSSR count). The second-order valence-corrected chi connectivity index (χ2v) is 10.3. The van der Waals surface area contributed by atoms with Gasteiger partial charge >= 0.3 is 11.7 Å². The maximum atomic E-state index is 13.9. The predicted octanol–water partition coefficient (Wildman–Crippen LogP) is 2.82. The number of aromatic nitrogens is 2. The number of aromatic amines is 1. The molecule has 218 valence electrons. The molecular weight excluding hydrogens is 536 g/mol. The molecule has 0 aliphatic heterocycles. The zero-order chi connectivity index (χ0) is 30.2. The molecule has 0 saturated heterocycles. The molecule has 1 aromatic heterocycles. The van der Waals surface area contributed by atoms with E-state index < -0.39 is 47.2 Å². The lowest BCUT2D eigenvalue weighted by Gasteiger charge is -2.28. The van der Waals surface area contributed by atoms with Gasteiger partial charge in [-0.2, -0.15) is 0 Å². The topological polar surface area (TPSA) is 150 Å². The van der Waals surface area contributed by atoms with Crippen LogP contribution in [0.4, 0.5) is 0 Å². The van der Waals surface area contributed by atoms with Crippen molar-refractivity contribution in [3.05, 3.63) is 117 Å². The van der Waals surface area contributed by atoms with Crippen molar-refractivity contribution < 1.29 is 19.5 Å². The van der Waals surface area contributed by atoms with E-state index >= 15 is 0 Å². The van der Waals surface area contributed by atoms with Crippen molar-refractivity contribution in [2.24, 2.45) is 5.92 Å². The Hall–Kier alpha value is -4.99. The highest BCUT2D eigenvalue weighted by molar-refractivity contribution is 5.92. The molecule has 0 fully saturated rings. The first kappa shape index (κ1) is 30.0. The van der Waals surface area contributed by atoms with Crippen molar-refractivity contribution >= 4 is 28.7 Å². The number of benzene rings is 3. The van der Waals surface area contributed by atoms with E-state index in [0.717, 1.165) is 10.1 Å². The van der Waals surface area contributed by atoms with Crippen LogP contribution in [0.15, 0.2) is 94.5 Å². The molecular formula is C32H34N4O6. The Morgan fingerprint density at radius 1 is 0.810 bits per heavy atom. The number of carboxylic acid groups (broad SMARTS) is 1. The second kappa shape index (κ2) is 13.6. The van der Waals surface area contributed by atoms with Crippen LogP contribution in [0.2, 0.25) is 0 Å². The maximum absolute atomic E-state index is 13.9. The Balaban J connectivity index is 1.67. The van der Waals surface area contributed by atoms with E-state index in [-0.39, 0.29) is 24.1 Å². The largest absolute Gasteiger partial charge is 0.480 e. The highest BCUT2D eigenvalue weighted by atomic mass is 16.4. The van der Waals surface area contributed by atoms with Crippen LogP contribution in [-0.4, -0.2) is 44.5 Å². The molecule has 0 unspecified atom stereocenters. The molecule has 10 heteroatoms. The van der Waals surface area contributed by atoms with E-state index in [1.54, 1.807) is 79.7 Å². The van der Waals surface area contributed by atoms with Gasteiger partial charge in [-0.15, -0.1) is 0 Å². The smallest absolute Gasteiger partial charge is 0.329 e. The van der Waals surface area contributed by atoms with Gasteiger partial charge in [0.25, 0.3) is 5.56 Å². The third-order valence-corrected chi connectivity index (χ3v) is 7.41. The Kier molecular flexibility index (Phi) is 9.69. The molecule has 10 nitrogen and oxygen atoms in total. The summed E-state index contributed by atoms with van der Waals surface area (Å²) in [5, 5.41) is 15.4. The van der Waals surface area contributed by atoms with Crippen molar-refractivity contribution in [1.82, 2.24) is 20.2 Å². The fourth-order valence-corrected chi connectivity index (χ4v) is 4.86. The number of hydrogen-bond donors (Lipinski definition) is 4. The number of fused-ring (bicyclic) bond motifs is 1. The number of carbonyl (C=O) groups excluding carboxylic acids is 2. The molecule has 0 saturated carbocycles. The molecule has 0 bridgehead atoms. The van der Waals surface area contributed by atoms with Gasteiger partial charge in [0.05, 0.1) is 10.9 Å². The number of para-hydroxylation sites is 1. The van der Waals surface area contributed by atoms with Crippen LogP contribution in [0.25, 0.3) is 10.9 Å². The number of nitrogens with zero attached hydrogens (tertiary/aromatic N) is 1. The van der Waals surface area contributed by atoms with Crippen LogP contribution in [-0.2, 0) is 27.2 Å². The zero-order valence-corrected chi connectivity index (χ0v) is 23.4. The molecule has 4 aromatic rings. The number of carbonyl (C=O) groups is 3. The molecule has 2 amide bonds. The molecule has 4 atom stereocenters. The van der Waals surface area contributed by atoms with Gasteiger partial charge in [0, 0.05) is 12.8 Å². The van der Waals surface area contributed by atoms with Crippen LogP contribution in [0.5, 0.6) is 0 Å². The average molecular weight is 571 g/mol. The lowest BCUT2D eigenvalue weighted by Crippen LogP contribution is -2.56. The SMILES string of the molecule is CC[C@@H](C)[C@H](NC(=O)[C@H](Cc1ccccc1)n1c(=O)[nH]c2ccccc2c1=O)C(=O)N[C@@H](Cc1ccccc1)C(=O)O. The normalized spacial score (nSPS) is 14.0. The molecule has 0 radical (unpaired) electrons. The van der Waals surface area contributed by atoms with Crippen molar-refractivity contribution in [3.63, 3.8) is 0 Å². The third-order valence-electron chi connectivity index (χ3n) is 7.41. The number of amides is 2. The van der Waals surface area contributed by atoms with Crippen molar-refractivity contribution in [1.29, 1.82) is 0 Å². The average Bonchev–Trinajstić information content (AvgIpc) is 2.99. The summed E-state index contributed by atoms with van der Waals surface area (Å²) in [5.41, 5.74) is 0.386. The van der Waals surface area contributed by atoms with Crippen LogP contribution < -0.4 is 21.9 Å². The summed E-state index contributed by atoms with van der Waals surface area (Å²) >= 11 is 0.